The Labute approximate surface area is 158 Å². The second kappa shape index (κ2) is 7.17. The van der Waals surface area contributed by atoms with Crippen LogP contribution in [0.25, 0.3) is 10.9 Å². The van der Waals surface area contributed by atoms with Crippen molar-refractivity contribution in [2.75, 3.05) is 18.4 Å². The van der Waals surface area contributed by atoms with E-state index in [0.29, 0.717) is 24.3 Å². The highest BCUT2D eigenvalue weighted by Crippen LogP contribution is 2.23. The fourth-order valence-electron chi connectivity index (χ4n) is 3.42. The highest BCUT2D eigenvalue weighted by Gasteiger charge is 2.25. The van der Waals surface area contributed by atoms with Gasteiger partial charge in [0, 0.05) is 35.9 Å². The lowest BCUT2D eigenvalue weighted by Crippen LogP contribution is -2.35. The molecule has 2 aromatic carbocycles. The number of hydrogen-bond donors (Lipinski definition) is 2. The van der Waals surface area contributed by atoms with Crippen molar-refractivity contribution in [3.05, 3.63) is 60.3 Å². The predicted molar refractivity (Wildman–Crippen MR) is 105 cm³/mol. The molecule has 1 fully saturated rings. The first-order chi connectivity index (χ1) is 13.1. The number of piperidine rings is 1. The van der Waals surface area contributed by atoms with E-state index in [1.54, 1.807) is 30.5 Å². The first kappa shape index (κ1) is 17.8. The molecule has 6 nitrogen and oxygen atoms in total. The summed E-state index contributed by atoms with van der Waals surface area (Å²) in [5.74, 6) is -0.237. The van der Waals surface area contributed by atoms with Crippen molar-refractivity contribution >= 4 is 32.5 Å². The van der Waals surface area contributed by atoms with E-state index < -0.39 is 10.0 Å². The molecule has 0 spiro atoms. The Morgan fingerprint density at radius 1 is 0.963 bits per heavy atom. The van der Waals surface area contributed by atoms with E-state index in [-0.39, 0.29) is 10.8 Å². The van der Waals surface area contributed by atoms with E-state index in [2.05, 4.69) is 10.3 Å². The zero-order chi connectivity index (χ0) is 18.9. The number of anilines is 1. The van der Waals surface area contributed by atoms with Crippen molar-refractivity contribution in [3.63, 3.8) is 0 Å². The van der Waals surface area contributed by atoms with Crippen molar-refractivity contribution in [3.8, 4) is 0 Å². The van der Waals surface area contributed by atoms with Gasteiger partial charge in [-0.1, -0.05) is 24.6 Å². The van der Waals surface area contributed by atoms with Crippen LogP contribution in [0.5, 0.6) is 0 Å². The topological polar surface area (TPSA) is 82.3 Å². The molecule has 27 heavy (non-hydrogen) atoms. The molecule has 2 heterocycles. The van der Waals surface area contributed by atoms with E-state index >= 15 is 0 Å². The van der Waals surface area contributed by atoms with E-state index in [1.165, 1.54) is 4.31 Å². The number of H-pyrrole nitrogens is 1. The van der Waals surface area contributed by atoms with Gasteiger partial charge in [-0.3, -0.25) is 4.79 Å². The fraction of sp³-hybridized carbons (Fsp3) is 0.250. The van der Waals surface area contributed by atoms with Gasteiger partial charge >= 0.3 is 0 Å². The van der Waals surface area contributed by atoms with Gasteiger partial charge in [0.05, 0.1) is 10.5 Å². The van der Waals surface area contributed by atoms with Crippen LogP contribution in [0, 0.1) is 0 Å². The molecule has 3 aromatic rings. The van der Waals surface area contributed by atoms with Crippen molar-refractivity contribution in [1.82, 2.24) is 9.29 Å². The van der Waals surface area contributed by atoms with Crippen LogP contribution in [-0.2, 0) is 10.0 Å². The molecule has 0 bridgehead atoms. The van der Waals surface area contributed by atoms with Gasteiger partial charge in [0.2, 0.25) is 10.0 Å². The van der Waals surface area contributed by atoms with Crippen molar-refractivity contribution in [1.29, 1.82) is 0 Å². The van der Waals surface area contributed by atoms with E-state index in [1.807, 2.05) is 24.3 Å². The second-order valence-corrected chi connectivity index (χ2v) is 8.63. The van der Waals surface area contributed by atoms with Crippen LogP contribution in [0.1, 0.15) is 29.6 Å². The summed E-state index contributed by atoms with van der Waals surface area (Å²) in [6, 6.07) is 13.9. The van der Waals surface area contributed by atoms with Gasteiger partial charge in [0.15, 0.2) is 0 Å². The fourth-order valence-corrected chi connectivity index (χ4v) is 4.94. The number of amides is 1. The number of nitrogens with zero attached hydrogens (tertiary/aromatic N) is 1. The molecule has 2 N–H and O–H groups in total. The number of carbonyl (C=O) groups is 1. The molecule has 140 valence electrons. The number of fused-ring (bicyclic) bond motifs is 1. The third-order valence-corrected chi connectivity index (χ3v) is 6.81. The molecule has 1 amide bonds. The van der Waals surface area contributed by atoms with Crippen molar-refractivity contribution < 1.29 is 13.2 Å². The smallest absolute Gasteiger partial charge is 0.257 e. The van der Waals surface area contributed by atoms with Gasteiger partial charge in [-0.05, 0) is 43.2 Å². The molecule has 1 aliphatic heterocycles. The Morgan fingerprint density at radius 3 is 2.41 bits per heavy atom. The molecule has 1 aliphatic rings. The molecule has 0 unspecified atom stereocenters. The first-order valence-corrected chi connectivity index (χ1v) is 10.5. The lowest BCUT2D eigenvalue weighted by molar-refractivity contribution is 0.102. The van der Waals surface area contributed by atoms with Crippen molar-refractivity contribution in [2.24, 2.45) is 0 Å². The standard InChI is InChI=1S/C20H21N3O3S/c24-20(18-14-21-19-7-3-2-6-17(18)19)22-15-8-10-16(11-9-15)27(25,26)23-12-4-1-5-13-23/h2-3,6-11,14,21H,1,4-5,12-13H2,(H,22,24). The summed E-state index contributed by atoms with van der Waals surface area (Å²) >= 11 is 0. The molecule has 1 saturated heterocycles. The predicted octanol–water partition coefficient (Wildman–Crippen LogP) is 3.59. The number of aromatic amines is 1. The number of hydrogen-bond acceptors (Lipinski definition) is 3. The summed E-state index contributed by atoms with van der Waals surface area (Å²) in [7, 11) is -3.46. The third kappa shape index (κ3) is 3.48. The minimum atomic E-state index is -3.46. The molecular formula is C20H21N3O3S. The maximum Gasteiger partial charge on any atom is 0.257 e. The molecule has 0 aliphatic carbocycles. The molecule has 1 aromatic heterocycles. The molecule has 0 atom stereocenters. The van der Waals surface area contributed by atoms with Gasteiger partial charge in [-0.15, -0.1) is 0 Å². The summed E-state index contributed by atoms with van der Waals surface area (Å²) in [5.41, 5.74) is 2.00. The average Bonchev–Trinajstić information content (AvgIpc) is 3.13. The van der Waals surface area contributed by atoms with Crippen LogP contribution in [0.3, 0.4) is 0 Å². The van der Waals surface area contributed by atoms with Crippen LogP contribution < -0.4 is 5.32 Å². The zero-order valence-electron chi connectivity index (χ0n) is 14.8. The van der Waals surface area contributed by atoms with Gasteiger partial charge in [0.25, 0.3) is 5.91 Å². The second-order valence-electron chi connectivity index (χ2n) is 6.69. The summed E-state index contributed by atoms with van der Waals surface area (Å²) in [4.78, 5) is 15.9. The van der Waals surface area contributed by atoms with Crippen LogP contribution in [-0.4, -0.2) is 36.7 Å². The maximum absolute atomic E-state index is 12.7. The Kier molecular flexibility index (Phi) is 4.72. The number of sulfonamides is 1. The zero-order valence-corrected chi connectivity index (χ0v) is 15.6. The minimum Gasteiger partial charge on any atom is -0.360 e. The summed E-state index contributed by atoms with van der Waals surface area (Å²) in [6.45, 7) is 1.14. The number of carbonyl (C=O) groups excluding carboxylic acids is 1. The highest BCUT2D eigenvalue weighted by molar-refractivity contribution is 7.89. The first-order valence-electron chi connectivity index (χ1n) is 9.03. The van der Waals surface area contributed by atoms with Crippen LogP contribution in [0.15, 0.2) is 59.6 Å². The number of benzene rings is 2. The summed E-state index contributed by atoms with van der Waals surface area (Å²) < 4.78 is 26.9. The molecular weight excluding hydrogens is 362 g/mol. The van der Waals surface area contributed by atoms with E-state index in [4.69, 9.17) is 0 Å². The van der Waals surface area contributed by atoms with E-state index in [0.717, 1.165) is 30.2 Å². The quantitative estimate of drug-likeness (QED) is 0.722. The lowest BCUT2D eigenvalue weighted by Gasteiger charge is -2.25. The minimum absolute atomic E-state index is 0.237. The largest absolute Gasteiger partial charge is 0.360 e. The Balaban J connectivity index is 1.51. The Morgan fingerprint density at radius 2 is 1.67 bits per heavy atom. The SMILES string of the molecule is O=C(Nc1ccc(S(=O)(=O)N2CCCCC2)cc1)c1c[nH]c2ccccc12. The van der Waals surface area contributed by atoms with Gasteiger partial charge < -0.3 is 10.3 Å². The van der Waals surface area contributed by atoms with Crippen LogP contribution in [0.4, 0.5) is 5.69 Å². The lowest BCUT2D eigenvalue weighted by atomic mass is 10.1. The third-order valence-electron chi connectivity index (χ3n) is 4.90. The van der Waals surface area contributed by atoms with Gasteiger partial charge in [0.1, 0.15) is 0 Å². The van der Waals surface area contributed by atoms with Gasteiger partial charge in [-0.25, -0.2) is 8.42 Å². The normalized spacial score (nSPS) is 15.7. The summed E-state index contributed by atoms with van der Waals surface area (Å²) in [6.07, 6.45) is 4.55. The Bertz CT molecular complexity index is 1070. The number of para-hydroxylation sites is 1. The average molecular weight is 383 g/mol. The molecule has 4 rings (SSSR count). The monoisotopic (exact) mass is 383 g/mol. The number of nitrogens with one attached hydrogen (secondary N) is 2. The van der Waals surface area contributed by atoms with Gasteiger partial charge in [-0.2, -0.15) is 4.31 Å². The number of aromatic nitrogens is 1. The van der Waals surface area contributed by atoms with E-state index in [9.17, 15) is 13.2 Å². The molecule has 0 radical (unpaired) electrons. The Hall–Kier alpha value is -2.64. The van der Waals surface area contributed by atoms with Crippen LogP contribution >= 0.6 is 0 Å². The maximum atomic E-state index is 12.7. The highest BCUT2D eigenvalue weighted by atomic mass is 32.2. The molecule has 7 heteroatoms. The number of rotatable bonds is 4. The molecule has 0 saturated carbocycles. The van der Waals surface area contributed by atoms with Crippen LogP contribution in [0.2, 0.25) is 0 Å². The van der Waals surface area contributed by atoms with Crippen molar-refractivity contribution in [2.45, 2.75) is 24.2 Å². The summed E-state index contributed by atoms with van der Waals surface area (Å²) in [5, 5.41) is 3.67.